The van der Waals surface area contributed by atoms with Crippen molar-refractivity contribution in [2.45, 2.75) is 32.4 Å². The number of carbonyl (C=O) groups is 1. The lowest BCUT2D eigenvalue weighted by molar-refractivity contribution is -0.124. The van der Waals surface area contributed by atoms with Gasteiger partial charge in [0.2, 0.25) is 0 Å². The van der Waals surface area contributed by atoms with Crippen LogP contribution >= 0.6 is 0 Å². The van der Waals surface area contributed by atoms with E-state index in [1.165, 1.54) is 0 Å². The monoisotopic (exact) mass is 280 g/mol. The Morgan fingerprint density at radius 3 is 2.55 bits per heavy atom. The lowest BCUT2D eigenvalue weighted by atomic mass is 10.1. The number of rotatable bonds is 8. The first-order valence-corrected chi connectivity index (χ1v) is 6.83. The standard InChI is InChI=1S/C15H24N2O3/c1-4-14(16)12-5-7-13(8-6-12)20-10-15(18)17-11(2)9-19-3/h5-8,11,14H,4,9-10,16H2,1-3H3,(H,17,18)/t11?,14-/m0/s1. The number of ether oxygens (including phenoxy) is 2. The van der Waals surface area contributed by atoms with E-state index in [1.54, 1.807) is 7.11 Å². The zero-order valence-corrected chi connectivity index (χ0v) is 12.4. The van der Waals surface area contributed by atoms with Gasteiger partial charge in [0.1, 0.15) is 5.75 Å². The van der Waals surface area contributed by atoms with E-state index < -0.39 is 0 Å². The van der Waals surface area contributed by atoms with Crippen molar-refractivity contribution in [2.75, 3.05) is 20.3 Å². The average Bonchev–Trinajstić information content (AvgIpc) is 2.45. The van der Waals surface area contributed by atoms with E-state index in [2.05, 4.69) is 5.32 Å². The number of amides is 1. The fourth-order valence-electron chi connectivity index (χ4n) is 1.80. The third-order valence-electron chi connectivity index (χ3n) is 2.94. The minimum atomic E-state index is -0.163. The Labute approximate surface area is 120 Å². The van der Waals surface area contributed by atoms with Crippen molar-refractivity contribution in [2.24, 2.45) is 5.73 Å². The van der Waals surface area contributed by atoms with Crippen LogP contribution in [0.3, 0.4) is 0 Å². The van der Waals surface area contributed by atoms with Crippen LogP contribution in [-0.4, -0.2) is 32.3 Å². The van der Waals surface area contributed by atoms with Gasteiger partial charge in [-0.3, -0.25) is 4.79 Å². The second kappa shape index (κ2) is 8.55. The van der Waals surface area contributed by atoms with Crippen LogP contribution in [0.25, 0.3) is 0 Å². The first-order valence-electron chi connectivity index (χ1n) is 6.83. The Morgan fingerprint density at radius 2 is 2.00 bits per heavy atom. The van der Waals surface area contributed by atoms with E-state index in [4.69, 9.17) is 15.2 Å². The number of hydrogen-bond donors (Lipinski definition) is 2. The summed E-state index contributed by atoms with van der Waals surface area (Å²) in [5, 5.41) is 2.78. The van der Waals surface area contributed by atoms with Crippen LogP contribution in [0.4, 0.5) is 0 Å². The molecule has 1 aromatic carbocycles. The SMILES string of the molecule is CC[C@H](N)c1ccc(OCC(=O)NC(C)COC)cc1. The lowest BCUT2D eigenvalue weighted by Gasteiger charge is -2.14. The Bertz CT molecular complexity index is 406. The number of methoxy groups -OCH3 is 1. The predicted octanol–water partition coefficient (Wildman–Crippen LogP) is 1.63. The molecule has 1 unspecified atom stereocenters. The number of hydrogen-bond acceptors (Lipinski definition) is 4. The summed E-state index contributed by atoms with van der Waals surface area (Å²) < 4.78 is 10.4. The predicted molar refractivity (Wildman–Crippen MR) is 78.6 cm³/mol. The Balaban J connectivity index is 2.40. The van der Waals surface area contributed by atoms with Gasteiger partial charge in [0.05, 0.1) is 6.61 Å². The Morgan fingerprint density at radius 1 is 1.35 bits per heavy atom. The second-order valence-corrected chi connectivity index (χ2v) is 4.80. The maximum atomic E-state index is 11.6. The van der Waals surface area contributed by atoms with E-state index >= 15 is 0 Å². The first-order chi connectivity index (χ1) is 9.56. The molecule has 5 heteroatoms. The summed E-state index contributed by atoms with van der Waals surface area (Å²) in [5.41, 5.74) is 7.00. The Hall–Kier alpha value is -1.59. The summed E-state index contributed by atoms with van der Waals surface area (Å²) in [6.07, 6.45) is 0.889. The van der Waals surface area contributed by atoms with E-state index in [0.717, 1.165) is 12.0 Å². The van der Waals surface area contributed by atoms with Crippen LogP contribution in [0.2, 0.25) is 0 Å². The lowest BCUT2D eigenvalue weighted by Crippen LogP contribution is -2.38. The molecule has 0 aromatic heterocycles. The van der Waals surface area contributed by atoms with Gasteiger partial charge in [-0.2, -0.15) is 0 Å². The van der Waals surface area contributed by atoms with Gasteiger partial charge in [-0.25, -0.2) is 0 Å². The van der Waals surface area contributed by atoms with Gasteiger partial charge >= 0.3 is 0 Å². The molecule has 112 valence electrons. The fourth-order valence-corrected chi connectivity index (χ4v) is 1.80. The summed E-state index contributed by atoms with van der Waals surface area (Å²) in [6, 6.07) is 7.53. The molecule has 0 spiro atoms. The third kappa shape index (κ3) is 5.59. The highest BCUT2D eigenvalue weighted by Crippen LogP contribution is 2.18. The van der Waals surface area contributed by atoms with Crippen molar-refractivity contribution >= 4 is 5.91 Å². The molecule has 0 saturated heterocycles. The van der Waals surface area contributed by atoms with Crippen molar-refractivity contribution in [3.05, 3.63) is 29.8 Å². The fraction of sp³-hybridized carbons (Fsp3) is 0.533. The highest BCUT2D eigenvalue weighted by atomic mass is 16.5. The molecule has 1 amide bonds. The molecule has 0 aliphatic heterocycles. The Kier molecular flexibility index (Phi) is 7.04. The van der Waals surface area contributed by atoms with Gasteiger partial charge in [-0.1, -0.05) is 19.1 Å². The number of carbonyl (C=O) groups excluding carboxylic acids is 1. The van der Waals surface area contributed by atoms with Crippen LogP contribution in [0, 0.1) is 0 Å². The van der Waals surface area contributed by atoms with Crippen LogP contribution in [-0.2, 0) is 9.53 Å². The molecule has 1 rings (SSSR count). The zero-order chi connectivity index (χ0) is 15.0. The second-order valence-electron chi connectivity index (χ2n) is 4.80. The van der Waals surface area contributed by atoms with E-state index in [-0.39, 0.29) is 24.6 Å². The maximum absolute atomic E-state index is 11.6. The van der Waals surface area contributed by atoms with Crippen LogP contribution in [0.15, 0.2) is 24.3 Å². The summed E-state index contributed by atoms with van der Waals surface area (Å²) in [6.45, 7) is 4.39. The van der Waals surface area contributed by atoms with Gasteiger partial charge < -0.3 is 20.5 Å². The molecule has 0 aliphatic rings. The highest BCUT2D eigenvalue weighted by molar-refractivity contribution is 5.77. The molecule has 0 heterocycles. The molecule has 0 radical (unpaired) electrons. The molecular formula is C15H24N2O3. The van der Waals surface area contributed by atoms with Crippen molar-refractivity contribution < 1.29 is 14.3 Å². The minimum absolute atomic E-state index is 0.00671. The number of nitrogens with two attached hydrogens (primary N) is 1. The molecule has 5 nitrogen and oxygen atoms in total. The van der Waals surface area contributed by atoms with Crippen molar-refractivity contribution in [1.29, 1.82) is 0 Å². The summed E-state index contributed by atoms with van der Waals surface area (Å²) in [4.78, 5) is 11.6. The molecule has 0 saturated carbocycles. The zero-order valence-electron chi connectivity index (χ0n) is 12.4. The van der Waals surface area contributed by atoms with Gasteiger partial charge in [0.15, 0.2) is 6.61 Å². The first kappa shape index (κ1) is 16.5. The molecule has 0 bridgehead atoms. The largest absolute Gasteiger partial charge is 0.484 e. The minimum Gasteiger partial charge on any atom is -0.484 e. The number of benzene rings is 1. The molecule has 2 atom stereocenters. The van der Waals surface area contributed by atoms with Gasteiger partial charge in [0.25, 0.3) is 5.91 Å². The van der Waals surface area contributed by atoms with Crippen molar-refractivity contribution in [1.82, 2.24) is 5.32 Å². The highest BCUT2D eigenvalue weighted by Gasteiger charge is 2.08. The van der Waals surface area contributed by atoms with Gasteiger partial charge in [-0.15, -0.1) is 0 Å². The average molecular weight is 280 g/mol. The van der Waals surface area contributed by atoms with Crippen LogP contribution in [0.5, 0.6) is 5.75 Å². The van der Waals surface area contributed by atoms with E-state index in [0.29, 0.717) is 12.4 Å². The van der Waals surface area contributed by atoms with Crippen LogP contribution < -0.4 is 15.8 Å². The van der Waals surface area contributed by atoms with Gasteiger partial charge in [-0.05, 0) is 31.0 Å². The van der Waals surface area contributed by atoms with Crippen molar-refractivity contribution in [3.8, 4) is 5.75 Å². The molecule has 20 heavy (non-hydrogen) atoms. The quantitative estimate of drug-likeness (QED) is 0.759. The number of nitrogens with one attached hydrogen (secondary N) is 1. The van der Waals surface area contributed by atoms with Gasteiger partial charge in [0, 0.05) is 19.2 Å². The summed E-state index contributed by atoms with van der Waals surface area (Å²) >= 11 is 0. The van der Waals surface area contributed by atoms with E-state index in [1.807, 2.05) is 38.1 Å². The summed E-state index contributed by atoms with van der Waals surface area (Å²) in [5.74, 6) is 0.496. The molecule has 3 N–H and O–H groups in total. The molecule has 0 fully saturated rings. The molecule has 0 aliphatic carbocycles. The third-order valence-corrected chi connectivity index (χ3v) is 2.94. The van der Waals surface area contributed by atoms with E-state index in [9.17, 15) is 4.79 Å². The molecule has 1 aromatic rings. The van der Waals surface area contributed by atoms with Crippen molar-refractivity contribution in [3.63, 3.8) is 0 Å². The maximum Gasteiger partial charge on any atom is 0.258 e. The molecular weight excluding hydrogens is 256 g/mol. The van der Waals surface area contributed by atoms with Crippen LogP contribution in [0.1, 0.15) is 31.9 Å². The topological polar surface area (TPSA) is 73.6 Å². The summed E-state index contributed by atoms with van der Waals surface area (Å²) in [7, 11) is 1.60. The smallest absolute Gasteiger partial charge is 0.258 e. The normalized spacial score (nSPS) is 13.6.